The summed E-state index contributed by atoms with van der Waals surface area (Å²) in [5.41, 5.74) is 0.913. The second-order valence-corrected chi connectivity index (χ2v) is 10.9. The molecule has 0 bridgehead atoms. The van der Waals surface area contributed by atoms with Crippen LogP contribution in [0.2, 0.25) is 0 Å². The van der Waals surface area contributed by atoms with E-state index in [4.69, 9.17) is 19.2 Å². The summed E-state index contributed by atoms with van der Waals surface area (Å²) < 4.78 is 90.5. The van der Waals surface area contributed by atoms with Crippen LogP contribution >= 0.6 is 0 Å². The molecule has 42 heavy (non-hydrogen) atoms. The summed E-state index contributed by atoms with van der Waals surface area (Å²) in [5, 5.41) is 0. The number of rotatable bonds is 8. The molecule has 0 radical (unpaired) electrons. The lowest BCUT2D eigenvalue weighted by atomic mass is 9.75. The summed E-state index contributed by atoms with van der Waals surface area (Å²) in [6, 6.07) is 11.5. The average Bonchev–Trinajstić information content (AvgIpc) is 3.19. The van der Waals surface area contributed by atoms with Crippen molar-refractivity contribution in [3.63, 3.8) is 0 Å². The van der Waals surface area contributed by atoms with Gasteiger partial charge in [0, 0.05) is 34.2 Å². The Morgan fingerprint density at radius 2 is 1.62 bits per heavy atom. The third kappa shape index (κ3) is 5.30. The third-order valence-electron chi connectivity index (χ3n) is 8.02. The third-order valence-corrected chi connectivity index (χ3v) is 8.02. The van der Waals surface area contributed by atoms with Crippen LogP contribution in [0.25, 0.3) is 11.1 Å². The highest BCUT2D eigenvalue weighted by Crippen LogP contribution is 2.60. The van der Waals surface area contributed by atoms with Gasteiger partial charge >= 0.3 is 6.18 Å². The first kappa shape index (κ1) is 31.2. The number of aryl methyl sites for hydroxylation is 1. The minimum absolute atomic E-state index is 0.0322. The van der Waals surface area contributed by atoms with Crippen LogP contribution in [0.4, 0.5) is 22.0 Å². The summed E-state index contributed by atoms with van der Waals surface area (Å²) >= 11 is 0. The molecule has 0 unspecified atom stereocenters. The van der Waals surface area contributed by atoms with Gasteiger partial charge in [-0.3, -0.25) is 4.98 Å². The number of hydrogen-bond acceptors (Lipinski definition) is 4. The smallest absolute Gasteiger partial charge is 0.417 e. The average molecular weight is 588 g/mol. The maximum atomic E-state index is 14.9. The number of benzene rings is 2. The molecule has 1 saturated heterocycles. The van der Waals surface area contributed by atoms with Gasteiger partial charge in [-0.15, -0.1) is 0 Å². The fourth-order valence-corrected chi connectivity index (χ4v) is 5.74. The van der Waals surface area contributed by atoms with E-state index in [1.165, 1.54) is 13.0 Å². The van der Waals surface area contributed by atoms with Crippen molar-refractivity contribution in [3.8, 4) is 11.5 Å². The molecule has 4 nitrogen and oxygen atoms in total. The molecule has 3 aromatic rings. The van der Waals surface area contributed by atoms with E-state index in [2.05, 4.69) is 13.2 Å². The first-order chi connectivity index (χ1) is 19.6. The van der Waals surface area contributed by atoms with Crippen LogP contribution in [0.15, 0.2) is 55.6 Å². The number of alkyl halides is 3. The Labute approximate surface area is 242 Å². The van der Waals surface area contributed by atoms with Gasteiger partial charge in [0.15, 0.2) is 17.2 Å². The zero-order valence-electron chi connectivity index (χ0n) is 24.5. The van der Waals surface area contributed by atoms with Gasteiger partial charge in [-0.2, -0.15) is 17.6 Å². The van der Waals surface area contributed by atoms with Crippen LogP contribution in [0.5, 0.6) is 11.5 Å². The minimum atomic E-state index is -4.80. The Bertz CT molecular complexity index is 1520. The second kappa shape index (κ2) is 11.5. The number of allylic oxidation sites excluding steroid dienone is 2. The number of hydrogen-bond donors (Lipinski definition) is 0. The van der Waals surface area contributed by atoms with Gasteiger partial charge in [-0.1, -0.05) is 56.5 Å². The number of aromatic nitrogens is 1. The van der Waals surface area contributed by atoms with Crippen molar-refractivity contribution in [1.29, 1.82) is 0 Å². The van der Waals surface area contributed by atoms with Gasteiger partial charge in [0.1, 0.15) is 18.5 Å². The van der Waals surface area contributed by atoms with Gasteiger partial charge in [-0.25, -0.2) is 4.39 Å². The van der Waals surface area contributed by atoms with Crippen molar-refractivity contribution >= 4 is 11.1 Å². The van der Waals surface area contributed by atoms with E-state index in [9.17, 15) is 22.0 Å². The van der Waals surface area contributed by atoms with Crippen LogP contribution in [0, 0.1) is 24.5 Å². The van der Waals surface area contributed by atoms with Crippen molar-refractivity contribution in [3.05, 3.63) is 101 Å². The molecule has 1 aliphatic heterocycles. The van der Waals surface area contributed by atoms with Gasteiger partial charge in [0.05, 0.1) is 12.8 Å². The molecular weight excluding hydrogens is 553 g/mol. The fourth-order valence-electron chi connectivity index (χ4n) is 5.74. The summed E-state index contributed by atoms with van der Waals surface area (Å²) in [5.74, 6) is -5.00. The Balaban J connectivity index is 2.01. The molecule has 2 aromatic carbocycles. The topological polar surface area (TPSA) is 40.6 Å². The van der Waals surface area contributed by atoms with Crippen LogP contribution in [-0.2, 0) is 11.3 Å². The van der Waals surface area contributed by atoms with Crippen molar-refractivity contribution < 1.29 is 36.2 Å². The Hall–Kier alpha value is -3.72. The lowest BCUT2D eigenvalue weighted by molar-refractivity contribution is -0.275. The number of halogens is 5. The molecule has 2 heterocycles. The van der Waals surface area contributed by atoms with Gasteiger partial charge in [0.25, 0.3) is 0 Å². The Morgan fingerprint density at radius 3 is 2.17 bits per heavy atom. The molecule has 1 aromatic heterocycles. The lowest BCUT2D eigenvalue weighted by Gasteiger charge is -2.32. The van der Waals surface area contributed by atoms with E-state index in [1.807, 2.05) is 30.3 Å². The lowest BCUT2D eigenvalue weighted by Crippen LogP contribution is -2.46. The summed E-state index contributed by atoms with van der Waals surface area (Å²) in [4.78, 5) is 4.76. The molecule has 0 saturated carbocycles. The minimum Gasteiger partial charge on any atom is -0.493 e. The summed E-state index contributed by atoms with van der Waals surface area (Å²) in [7, 11) is 1.14. The Morgan fingerprint density at radius 1 is 1.00 bits per heavy atom. The molecule has 4 atom stereocenters. The molecule has 0 N–H and O–H groups in total. The van der Waals surface area contributed by atoms with E-state index in [0.717, 1.165) is 25.7 Å². The highest BCUT2D eigenvalue weighted by molar-refractivity contribution is 5.79. The molecule has 1 fully saturated rings. The van der Waals surface area contributed by atoms with E-state index >= 15 is 0 Å². The highest BCUT2D eigenvalue weighted by Gasteiger charge is 2.65. The van der Waals surface area contributed by atoms with E-state index in [1.54, 1.807) is 20.8 Å². The van der Waals surface area contributed by atoms with Gasteiger partial charge < -0.3 is 14.2 Å². The predicted molar refractivity (Wildman–Crippen MR) is 152 cm³/mol. The summed E-state index contributed by atoms with van der Waals surface area (Å²) in [6.45, 7) is 15.9. The molecule has 1 aliphatic rings. The Kier molecular flexibility index (Phi) is 8.56. The number of nitrogens with zero attached hydrogens (tertiary/aromatic N) is 1. The van der Waals surface area contributed by atoms with E-state index < -0.39 is 47.1 Å². The molecule has 0 spiro atoms. The fraction of sp³-hybridized carbons (Fsp3) is 0.364. The monoisotopic (exact) mass is 587 g/mol. The van der Waals surface area contributed by atoms with Crippen LogP contribution in [-0.4, -0.2) is 23.9 Å². The van der Waals surface area contributed by atoms with Crippen LogP contribution in [0.3, 0.4) is 0 Å². The number of pyridine rings is 1. The van der Waals surface area contributed by atoms with Crippen molar-refractivity contribution in [2.24, 2.45) is 5.92 Å². The number of ether oxygens (including phenoxy) is 3. The molecule has 0 aliphatic carbocycles. The van der Waals surface area contributed by atoms with E-state index in [0.29, 0.717) is 33.7 Å². The number of methoxy groups -OCH3 is 1. The zero-order chi connectivity index (χ0) is 31.1. The standard InChI is InChI=1S/C33H34F5NO3/c1-17(2)24-20(6)39-28(25(18(3)4)30(24)41-16-21-12-10-9-11-13-21)31-26(19(5)32(7,42-31)33(36,37)38)22-14-15-23(34)27(35)29(22)40-8/h9-15,19,26,31H,1,3,16H2,2,4-8H3/t19-,26-,31+,32+/m0/s1. The second-order valence-electron chi connectivity index (χ2n) is 10.9. The zero-order valence-corrected chi connectivity index (χ0v) is 24.5. The maximum absolute atomic E-state index is 14.9. The normalized spacial score (nSPS) is 22.2. The van der Waals surface area contributed by atoms with Crippen molar-refractivity contribution in [1.82, 2.24) is 4.98 Å². The van der Waals surface area contributed by atoms with Crippen LogP contribution in [0.1, 0.15) is 73.4 Å². The van der Waals surface area contributed by atoms with Crippen molar-refractivity contribution in [2.45, 2.75) is 65.0 Å². The van der Waals surface area contributed by atoms with E-state index in [-0.39, 0.29) is 17.9 Å². The predicted octanol–water partition coefficient (Wildman–Crippen LogP) is 9.13. The van der Waals surface area contributed by atoms with Gasteiger partial charge in [0.2, 0.25) is 5.82 Å². The maximum Gasteiger partial charge on any atom is 0.417 e. The SMILES string of the molecule is C=C(C)c1c(C)nc([C@@H]2O[C@@](C)(C(F)(F)F)[C@@H](C)[C@H]2c2ccc(F)c(F)c2OC)c(C(=C)C)c1OCc1ccccc1. The highest BCUT2D eigenvalue weighted by atomic mass is 19.4. The molecule has 9 heteroatoms. The molecule has 4 rings (SSSR count). The van der Waals surface area contributed by atoms with Crippen LogP contribution < -0.4 is 9.47 Å². The largest absolute Gasteiger partial charge is 0.493 e. The molecule has 224 valence electrons. The first-order valence-corrected chi connectivity index (χ1v) is 13.4. The quantitative estimate of drug-likeness (QED) is 0.247. The van der Waals surface area contributed by atoms with Gasteiger partial charge in [-0.05, 0) is 50.5 Å². The summed E-state index contributed by atoms with van der Waals surface area (Å²) in [6.07, 6.45) is -6.15. The molecular formula is C33H34F5NO3. The first-order valence-electron chi connectivity index (χ1n) is 13.4. The van der Waals surface area contributed by atoms with Crippen molar-refractivity contribution in [2.75, 3.05) is 7.11 Å². The molecule has 0 amide bonds.